The third kappa shape index (κ3) is 4.15. The summed E-state index contributed by atoms with van der Waals surface area (Å²) in [5.74, 6) is -0.0589. The smallest absolute Gasteiger partial charge is 0.338 e. The van der Waals surface area contributed by atoms with E-state index < -0.39 is 22.2 Å². The molecule has 3 aromatic rings. The van der Waals surface area contributed by atoms with Gasteiger partial charge in [-0.05, 0) is 49.8 Å². The van der Waals surface area contributed by atoms with Crippen LogP contribution in [0.25, 0.3) is 11.0 Å². The molecule has 1 aliphatic carbocycles. The average molecular weight is 463 g/mol. The number of nitrogens with zero attached hydrogens (tertiary/aromatic N) is 4. The van der Waals surface area contributed by atoms with Crippen molar-refractivity contribution in [1.82, 2.24) is 18.7 Å². The molecule has 1 fully saturated rings. The molecule has 1 aromatic carbocycles. The van der Waals surface area contributed by atoms with Gasteiger partial charge in [-0.25, -0.2) is 14.2 Å². The van der Waals surface area contributed by atoms with Crippen LogP contribution in [-0.2, 0) is 22.0 Å². The molecular weight excluding hydrogens is 435 g/mol. The fourth-order valence-electron chi connectivity index (χ4n) is 4.24. The fourth-order valence-corrected chi connectivity index (χ4v) is 5.38. The quantitative estimate of drug-likeness (QED) is 0.614. The minimum atomic E-state index is -4.06. The Kier molecular flexibility index (Phi) is 5.60. The van der Waals surface area contributed by atoms with Crippen molar-refractivity contribution in [3.63, 3.8) is 0 Å². The highest BCUT2D eigenvalue weighted by molar-refractivity contribution is 7.89. The third-order valence-corrected chi connectivity index (χ3v) is 7.50. The number of carboxylic acid groups (broad SMARTS) is 1. The van der Waals surface area contributed by atoms with Crippen molar-refractivity contribution in [3.8, 4) is 0 Å². The molecule has 0 bridgehead atoms. The summed E-state index contributed by atoms with van der Waals surface area (Å²) < 4.78 is 42.3. The Morgan fingerprint density at radius 2 is 1.91 bits per heavy atom. The number of hydrogen-bond donors (Lipinski definition) is 1. The second-order valence-electron chi connectivity index (χ2n) is 9.48. The van der Waals surface area contributed by atoms with E-state index in [0.717, 1.165) is 36.6 Å². The first-order chi connectivity index (χ1) is 15.0. The van der Waals surface area contributed by atoms with Crippen molar-refractivity contribution >= 4 is 27.0 Å². The van der Waals surface area contributed by atoms with E-state index in [1.165, 1.54) is 12.1 Å². The van der Waals surface area contributed by atoms with Crippen molar-refractivity contribution in [2.24, 2.45) is 5.92 Å². The lowest BCUT2D eigenvalue weighted by atomic mass is 9.87. The Morgan fingerprint density at radius 1 is 1.22 bits per heavy atom. The van der Waals surface area contributed by atoms with Crippen LogP contribution < -0.4 is 0 Å². The van der Waals surface area contributed by atoms with Crippen molar-refractivity contribution < 1.29 is 22.7 Å². The molecule has 32 heavy (non-hydrogen) atoms. The minimum Gasteiger partial charge on any atom is -0.478 e. The van der Waals surface area contributed by atoms with Gasteiger partial charge in [-0.15, -0.1) is 0 Å². The molecule has 0 atom stereocenters. The molecule has 0 spiro atoms. The first-order valence-electron chi connectivity index (χ1n) is 10.6. The molecular formula is C22H27FN4O4S. The second-order valence-corrected chi connectivity index (χ2v) is 11.3. The second kappa shape index (κ2) is 7.99. The molecule has 1 aliphatic rings. The zero-order valence-corrected chi connectivity index (χ0v) is 19.1. The largest absolute Gasteiger partial charge is 0.478 e. The normalized spacial score (nSPS) is 20.0. The van der Waals surface area contributed by atoms with Gasteiger partial charge in [0.2, 0.25) is 0 Å². The predicted molar refractivity (Wildman–Crippen MR) is 117 cm³/mol. The highest BCUT2D eigenvalue weighted by atomic mass is 32.2. The number of imidazole rings is 1. The van der Waals surface area contributed by atoms with Gasteiger partial charge >= 0.3 is 5.97 Å². The zero-order valence-electron chi connectivity index (χ0n) is 18.3. The summed E-state index contributed by atoms with van der Waals surface area (Å²) in [6.45, 7) is 6.87. The number of hydrogen-bond acceptors (Lipinski definition) is 5. The number of aromatic carboxylic acids is 1. The summed E-state index contributed by atoms with van der Waals surface area (Å²) in [6, 6.07) is 4.71. The number of carbonyl (C=O) groups is 1. The monoisotopic (exact) mass is 462 g/mol. The van der Waals surface area contributed by atoms with Crippen molar-refractivity contribution in [2.75, 3.05) is 0 Å². The highest BCUT2D eigenvalue weighted by Crippen LogP contribution is 2.33. The van der Waals surface area contributed by atoms with Gasteiger partial charge in [-0.1, -0.05) is 20.8 Å². The Morgan fingerprint density at radius 3 is 2.50 bits per heavy atom. The van der Waals surface area contributed by atoms with E-state index in [0.29, 0.717) is 34.9 Å². The molecule has 1 saturated carbocycles. The van der Waals surface area contributed by atoms with Gasteiger partial charge in [0.15, 0.2) is 0 Å². The van der Waals surface area contributed by atoms with Crippen LogP contribution in [0.4, 0.5) is 4.39 Å². The molecule has 0 aliphatic heterocycles. The van der Waals surface area contributed by atoms with Gasteiger partial charge in [-0.3, -0.25) is 0 Å². The maximum absolute atomic E-state index is 13.6. The maximum Gasteiger partial charge on any atom is 0.338 e. The molecule has 0 unspecified atom stereocenters. The Balaban J connectivity index is 1.75. The van der Waals surface area contributed by atoms with Gasteiger partial charge in [0.05, 0.1) is 33.9 Å². The molecule has 4 rings (SSSR count). The molecule has 0 amide bonds. The van der Waals surface area contributed by atoms with Crippen LogP contribution >= 0.6 is 0 Å². The first-order valence-corrected chi connectivity index (χ1v) is 12.1. The van der Waals surface area contributed by atoms with E-state index in [4.69, 9.17) is 10.1 Å². The lowest BCUT2D eigenvalue weighted by Gasteiger charge is -2.27. The van der Waals surface area contributed by atoms with Crippen LogP contribution in [-0.4, -0.2) is 44.4 Å². The number of carboxylic acids is 1. The number of halogens is 1. The SMILES string of the molecule is CC(C)(C)c1nc2cc(S(=O)(=O)n3cc(C(=O)O)cn3)ccc2n1CC1CCC(F)CC1. The fraction of sp³-hybridized carbons (Fsp3) is 0.500. The zero-order chi connectivity index (χ0) is 23.3. The van der Waals surface area contributed by atoms with Crippen LogP contribution in [0.5, 0.6) is 0 Å². The van der Waals surface area contributed by atoms with Gasteiger partial charge < -0.3 is 9.67 Å². The third-order valence-electron chi connectivity index (χ3n) is 5.96. The van der Waals surface area contributed by atoms with Crippen LogP contribution in [0, 0.1) is 5.92 Å². The van der Waals surface area contributed by atoms with Crippen molar-refractivity contribution in [2.45, 2.75) is 69.5 Å². The summed E-state index contributed by atoms with van der Waals surface area (Å²) in [7, 11) is -4.06. The minimum absolute atomic E-state index is 0.0203. The van der Waals surface area contributed by atoms with Crippen molar-refractivity contribution in [1.29, 1.82) is 0 Å². The average Bonchev–Trinajstić information content (AvgIpc) is 3.35. The van der Waals surface area contributed by atoms with Gasteiger partial charge in [0.1, 0.15) is 12.0 Å². The summed E-state index contributed by atoms with van der Waals surface area (Å²) in [5, 5.41) is 12.8. The molecule has 1 N–H and O–H groups in total. The summed E-state index contributed by atoms with van der Waals surface area (Å²) in [6.07, 6.45) is 4.05. The Hall–Kier alpha value is -2.75. The van der Waals surface area contributed by atoms with Crippen LogP contribution in [0.3, 0.4) is 0 Å². The highest BCUT2D eigenvalue weighted by Gasteiger charge is 2.28. The number of aromatic nitrogens is 4. The van der Waals surface area contributed by atoms with E-state index >= 15 is 0 Å². The van der Waals surface area contributed by atoms with Gasteiger partial charge in [0, 0.05) is 12.0 Å². The van der Waals surface area contributed by atoms with E-state index in [-0.39, 0.29) is 15.9 Å². The molecule has 0 saturated heterocycles. The van der Waals surface area contributed by atoms with E-state index in [1.54, 1.807) is 6.07 Å². The Labute approximate surface area is 186 Å². The van der Waals surface area contributed by atoms with Gasteiger partial charge in [-0.2, -0.15) is 17.6 Å². The Bertz CT molecular complexity index is 1260. The van der Waals surface area contributed by atoms with Crippen molar-refractivity contribution in [3.05, 3.63) is 42.0 Å². The first kappa shape index (κ1) is 22.4. The maximum atomic E-state index is 13.6. The van der Waals surface area contributed by atoms with Gasteiger partial charge in [0.25, 0.3) is 10.0 Å². The van der Waals surface area contributed by atoms with E-state index in [2.05, 4.69) is 30.4 Å². The summed E-state index contributed by atoms with van der Waals surface area (Å²) >= 11 is 0. The number of benzene rings is 1. The standard InChI is InChI=1S/C22H27FN4O4S/c1-22(2,3)21-25-18-10-17(32(30,31)27-13-15(11-24-27)20(28)29)8-9-19(18)26(21)12-14-4-6-16(23)7-5-14/h8-11,13-14,16H,4-7,12H2,1-3H3,(H,28,29). The summed E-state index contributed by atoms with van der Waals surface area (Å²) in [5.41, 5.74) is 0.883. The molecule has 10 heteroatoms. The summed E-state index contributed by atoms with van der Waals surface area (Å²) in [4.78, 5) is 15.8. The molecule has 172 valence electrons. The molecule has 2 heterocycles. The molecule has 2 aromatic heterocycles. The van der Waals surface area contributed by atoms with E-state index in [9.17, 15) is 17.6 Å². The lowest BCUT2D eigenvalue weighted by Crippen LogP contribution is -2.24. The lowest BCUT2D eigenvalue weighted by molar-refractivity contribution is 0.0697. The number of rotatable bonds is 5. The molecule has 0 radical (unpaired) electrons. The number of fused-ring (bicyclic) bond motifs is 1. The number of alkyl halides is 1. The topological polar surface area (TPSA) is 107 Å². The van der Waals surface area contributed by atoms with E-state index in [1.807, 2.05) is 0 Å². The molecule has 8 nitrogen and oxygen atoms in total. The van der Waals surface area contributed by atoms with Crippen LogP contribution in [0.15, 0.2) is 35.5 Å². The van der Waals surface area contributed by atoms with Crippen LogP contribution in [0.2, 0.25) is 0 Å². The van der Waals surface area contributed by atoms with Crippen LogP contribution in [0.1, 0.15) is 62.6 Å². The predicted octanol–water partition coefficient (Wildman–Crippen LogP) is 3.99.